The number of hydrogen-bond donors (Lipinski definition) is 0. The van der Waals surface area contributed by atoms with Crippen molar-refractivity contribution in [2.24, 2.45) is 0 Å². The Morgan fingerprint density at radius 3 is 2.65 bits per heavy atom. The van der Waals surface area contributed by atoms with Crippen molar-refractivity contribution < 1.29 is 4.42 Å². The van der Waals surface area contributed by atoms with Gasteiger partial charge in [-0.3, -0.25) is 0 Å². The largest absolute Gasteiger partial charge is 0.469 e. The summed E-state index contributed by atoms with van der Waals surface area (Å²) >= 11 is 0. The molecule has 3 rings (SSSR count). The topological polar surface area (TPSA) is 13.1 Å². The summed E-state index contributed by atoms with van der Waals surface area (Å²) in [5.41, 5.74) is 5.56. The number of aryl methyl sites for hydroxylation is 2. The molecule has 1 heterocycles. The Balaban J connectivity index is 1.86. The van der Waals surface area contributed by atoms with E-state index in [4.69, 9.17) is 4.42 Å². The predicted octanol–water partition coefficient (Wildman–Crippen LogP) is 4.17. The van der Waals surface area contributed by atoms with Crippen molar-refractivity contribution in [3.05, 3.63) is 58.5 Å². The van der Waals surface area contributed by atoms with E-state index in [1.807, 2.05) is 6.26 Å². The molecule has 2 aromatic rings. The molecule has 0 spiro atoms. The molecule has 1 atom stereocenters. The van der Waals surface area contributed by atoms with Crippen molar-refractivity contribution in [2.75, 3.05) is 0 Å². The van der Waals surface area contributed by atoms with Crippen molar-refractivity contribution in [3.63, 3.8) is 0 Å². The molecule has 0 saturated carbocycles. The second-order valence-electron chi connectivity index (χ2n) is 5.17. The zero-order valence-corrected chi connectivity index (χ0v) is 10.5. The summed E-state index contributed by atoms with van der Waals surface area (Å²) in [6.45, 7) is 4.28. The van der Waals surface area contributed by atoms with E-state index in [0.717, 1.165) is 12.8 Å². The van der Waals surface area contributed by atoms with Crippen LogP contribution in [-0.4, -0.2) is 0 Å². The van der Waals surface area contributed by atoms with E-state index in [0.29, 0.717) is 5.92 Å². The van der Waals surface area contributed by atoms with Gasteiger partial charge in [-0.15, -0.1) is 0 Å². The van der Waals surface area contributed by atoms with Gasteiger partial charge in [0.05, 0.1) is 6.26 Å². The van der Waals surface area contributed by atoms with E-state index in [9.17, 15) is 0 Å². The molecule has 1 aromatic carbocycles. The molecule has 0 N–H and O–H groups in total. The summed E-state index contributed by atoms with van der Waals surface area (Å²) in [7, 11) is 0. The fourth-order valence-corrected chi connectivity index (χ4v) is 2.80. The van der Waals surface area contributed by atoms with Gasteiger partial charge in [0.25, 0.3) is 0 Å². The van der Waals surface area contributed by atoms with E-state index < -0.39 is 0 Å². The van der Waals surface area contributed by atoms with Crippen molar-refractivity contribution in [2.45, 2.75) is 39.0 Å². The molecule has 0 bridgehead atoms. The van der Waals surface area contributed by atoms with Gasteiger partial charge in [-0.2, -0.15) is 0 Å². The molecule has 1 aliphatic rings. The van der Waals surface area contributed by atoms with Gasteiger partial charge in [-0.05, 0) is 49.3 Å². The standard InChI is InChI=1S/C16H18O/c1-11-3-5-13(6-4-11)14-7-8-15-12(2)10-17-16(15)9-14/h3-6,10,14H,7-9H2,1-2H3. The Morgan fingerprint density at radius 1 is 1.12 bits per heavy atom. The Hall–Kier alpha value is -1.50. The molecule has 0 saturated heterocycles. The summed E-state index contributed by atoms with van der Waals surface area (Å²) in [5.74, 6) is 1.84. The second-order valence-corrected chi connectivity index (χ2v) is 5.17. The normalized spacial score (nSPS) is 19.1. The highest BCUT2D eigenvalue weighted by Gasteiger charge is 2.23. The maximum absolute atomic E-state index is 5.66. The van der Waals surface area contributed by atoms with Crippen LogP contribution < -0.4 is 0 Å². The molecular weight excluding hydrogens is 208 g/mol. The minimum absolute atomic E-state index is 0.633. The first-order chi connectivity index (χ1) is 8.24. The van der Waals surface area contributed by atoms with Crippen molar-refractivity contribution in [3.8, 4) is 0 Å². The highest BCUT2D eigenvalue weighted by atomic mass is 16.3. The van der Waals surface area contributed by atoms with E-state index in [1.54, 1.807) is 0 Å². The molecule has 88 valence electrons. The first-order valence-electron chi connectivity index (χ1n) is 6.36. The quantitative estimate of drug-likeness (QED) is 0.711. The molecule has 0 aliphatic heterocycles. The lowest BCUT2D eigenvalue weighted by Crippen LogP contribution is -2.11. The lowest BCUT2D eigenvalue weighted by atomic mass is 9.82. The minimum atomic E-state index is 0.633. The Morgan fingerprint density at radius 2 is 1.88 bits per heavy atom. The zero-order chi connectivity index (χ0) is 11.8. The van der Waals surface area contributed by atoms with Gasteiger partial charge in [-0.25, -0.2) is 0 Å². The van der Waals surface area contributed by atoms with Crippen molar-refractivity contribution in [1.29, 1.82) is 0 Å². The molecule has 0 fully saturated rings. The van der Waals surface area contributed by atoms with Crippen molar-refractivity contribution in [1.82, 2.24) is 0 Å². The molecule has 0 amide bonds. The molecule has 17 heavy (non-hydrogen) atoms. The SMILES string of the molecule is Cc1ccc(C2CCc3c(C)coc3C2)cc1. The minimum Gasteiger partial charge on any atom is -0.469 e. The van der Waals surface area contributed by atoms with Crippen LogP contribution in [0.15, 0.2) is 34.9 Å². The van der Waals surface area contributed by atoms with Gasteiger partial charge >= 0.3 is 0 Å². The third-order valence-electron chi connectivity index (χ3n) is 3.91. The first kappa shape index (κ1) is 10.6. The number of benzene rings is 1. The van der Waals surface area contributed by atoms with E-state index in [2.05, 4.69) is 38.1 Å². The lowest BCUT2D eigenvalue weighted by Gasteiger charge is -2.22. The lowest BCUT2D eigenvalue weighted by molar-refractivity contribution is 0.450. The van der Waals surface area contributed by atoms with Gasteiger partial charge in [0.15, 0.2) is 0 Å². The van der Waals surface area contributed by atoms with Gasteiger partial charge in [-0.1, -0.05) is 29.8 Å². The predicted molar refractivity (Wildman–Crippen MR) is 69.4 cm³/mol. The van der Waals surface area contributed by atoms with Gasteiger partial charge in [0, 0.05) is 6.42 Å². The molecule has 1 unspecified atom stereocenters. The summed E-state index contributed by atoms with van der Waals surface area (Å²) in [4.78, 5) is 0. The van der Waals surface area contributed by atoms with Crippen LogP contribution in [0.3, 0.4) is 0 Å². The average molecular weight is 226 g/mol. The van der Waals surface area contributed by atoms with Crippen LogP contribution in [-0.2, 0) is 12.8 Å². The highest BCUT2D eigenvalue weighted by Crippen LogP contribution is 2.34. The Labute approximate surface area is 102 Å². The number of hydrogen-bond acceptors (Lipinski definition) is 1. The maximum atomic E-state index is 5.66. The molecule has 0 radical (unpaired) electrons. The number of furan rings is 1. The molecule has 1 aromatic heterocycles. The van der Waals surface area contributed by atoms with Crippen molar-refractivity contribution >= 4 is 0 Å². The molecule has 1 aliphatic carbocycles. The van der Waals surface area contributed by atoms with Crippen LogP contribution in [0, 0.1) is 13.8 Å². The third kappa shape index (κ3) is 1.90. The molecular formula is C16H18O. The van der Waals surface area contributed by atoms with Gasteiger partial charge < -0.3 is 4.42 Å². The zero-order valence-electron chi connectivity index (χ0n) is 10.5. The maximum Gasteiger partial charge on any atom is 0.107 e. The van der Waals surface area contributed by atoms with Crippen LogP contribution >= 0.6 is 0 Å². The van der Waals surface area contributed by atoms with E-state index in [1.165, 1.54) is 34.4 Å². The van der Waals surface area contributed by atoms with Gasteiger partial charge in [0.2, 0.25) is 0 Å². The van der Waals surface area contributed by atoms with Crippen LogP contribution in [0.4, 0.5) is 0 Å². The molecule has 1 nitrogen and oxygen atoms in total. The second kappa shape index (κ2) is 4.06. The summed E-state index contributed by atoms with van der Waals surface area (Å²) in [6, 6.07) is 8.94. The summed E-state index contributed by atoms with van der Waals surface area (Å²) < 4.78 is 5.66. The molecule has 1 heteroatoms. The van der Waals surface area contributed by atoms with Crippen LogP contribution in [0.5, 0.6) is 0 Å². The number of rotatable bonds is 1. The van der Waals surface area contributed by atoms with Crippen LogP contribution in [0.25, 0.3) is 0 Å². The number of fused-ring (bicyclic) bond motifs is 1. The fourth-order valence-electron chi connectivity index (χ4n) is 2.80. The van der Waals surface area contributed by atoms with E-state index >= 15 is 0 Å². The third-order valence-corrected chi connectivity index (χ3v) is 3.91. The van der Waals surface area contributed by atoms with Crippen LogP contribution in [0.1, 0.15) is 40.4 Å². The average Bonchev–Trinajstić information content (AvgIpc) is 2.72. The van der Waals surface area contributed by atoms with E-state index in [-0.39, 0.29) is 0 Å². The fraction of sp³-hybridized carbons (Fsp3) is 0.375. The van der Waals surface area contributed by atoms with Crippen LogP contribution in [0.2, 0.25) is 0 Å². The first-order valence-corrected chi connectivity index (χ1v) is 6.36. The smallest absolute Gasteiger partial charge is 0.107 e. The highest BCUT2D eigenvalue weighted by molar-refractivity contribution is 5.33. The van der Waals surface area contributed by atoms with Gasteiger partial charge in [0.1, 0.15) is 5.76 Å². The Kier molecular flexibility index (Phi) is 2.54. The summed E-state index contributed by atoms with van der Waals surface area (Å²) in [6.07, 6.45) is 5.38. The monoisotopic (exact) mass is 226 g/mol. The summed E-state index contributed by atoms with van der Waals surface area (Å²) in [5, 5.41) is 0. The Bertz CT molecular complexity index is 519.